The highest BCUT2D eigenvalue weighted by molar-refractivity contribution is 6.99. The highest BCUT2D eigenvalue weighted by atomic mass is 28.4. The molecule has 3 rings (SSSR count). The highest BCUT2D eigenvalue weighted by Crippen LogP contribution is 2.37. The van der Waals surface area contributed by atoms with Crippen LogP contribution in [0.25, 0.3) is 0 Å². The van der Waals surface area contributed by atoms with Crippen molar-refractivity contribution in [2.24, 2.45) is 5.92 Å². The molecule has 1 fully saturated rings. The number of aliphatic hydroxyl groups is 1. The van der Waals surface area contributed by atoms with Crippen molar-refractivity contribution in [2.45, 2.75) is 70.6 Å². The number of aliphatic hydroxyl groups excluding tert-OH is 1. The Hall–Kier alpha value is -1.50. The van der Waals surface area contributed by atoms with Crippen molar-refractivity contribution in [1.29, 1.82) is 0 Å². The van der Waals surface area contributed by atoms with E-state index in [4.69, 9.17) is 19.0 Å². The van der Waals surface area contributed by atoms with Gasteiger partial charge in [0, 0.05) is 19.1 Å². The lowest BCUT2D eigenvalue weighted by molar-refractivity contribution is -0.197. The Morgan fingerprint density at radius 3 is 2.12 bits per heavy atom. The molecule has 1 heterocycles. The largest absolute Gasteiger partial charge is 0.407 e. The van der Waals surface area contributed by atoms with E-state index in [0.29, 0.717) is 12.5 Å². The van der Waals surface area contributed by atoms with E-state index in [9.17, 15) is 0 Å². The van der Waals surface area contributed by atoms with Gasteiger partial charge in [-0.1, -0.05) is 94.3 Å². The third kappa shape index (κ3) is 6.77. The second-order valence-electron chi connectivity index (χ2n) is 10.1. The van der Waals surface area contributed by atoms with Crippen LogP contribution in [0.3, 0.4) is 0 Å². The fraction of sp³-hybridized carbons (Fsp3) is 0.571. The van der Waals surface area contributed by atoms with Crippen LogP contribution < -0.4 is 10.4 Å². The molecule has 2 aromatic carbocycles. The van der Waals surface area contributed by atoms with Crippen LogP contribution in [0.2, 0.25) is 5.04 Å². The van der Waals surface area contributed by atoms with Gasteiger partial charge in [-0.15, -0.1) is 0 Å². The quantitative estimate of drug-likeness (QED) is 0.355. The van der Waals surface area contributed by atoms with Crippen molar-refractivity contribution in [3.8, 4) is 0 Å². The summed E-state index contributed by atoms with van der Waals surface area (Å²) < 4.78 is 18.5. The van der Waals surface area contributed by atoms with Crippen LogP contribution in [0.5, 0.6) is 0 Å². The summed E-state index contributed by atoms with van der Waals surface area (Å²) in [5.74, 6) is 0.433. The molecule has 0 radical (unpaired) electrons. The normalized spacial score (nSPS) is 19.5. The number of benzene rings is 2. The van der Waals surface area contributed by atoms with Crippen LogP contribution in [0.15, 0.2) is 60.7 Å². The van der Waals surface area contributed by atoms with Crippen molar-refractivity contribution in [3.63, 3.8) is 0 Å². The molecule has 33 heavy (non-hydrogen) atoms. The van der Waals surface area contributed by atoms with E-state index in [2.05, 4.69) is 81.4 Å². The first kappa shape index (κ1) is 26.1. The molecule has 0 bridgehead atoms. The zero-order chi connectivity index (χ0) is 23.6. The van der Waals surface area contributed by atoms with Gasteiger partial charge in [-0.25, -0.2) is 0 Å². The van der Waals surface area contributed by atoms with Crippen LogP contribution in [-0.4, -0.2) is 46.1 Å². The molecule has 0 saturated carbocycles. The summed E-state index contributed by atoms with van der Waals surface area (Å²) in [5.41, 5.74) is 0. The number of unbranched alkanes of at least 4 members (excludes halogenated alkanes) is 2. The molecule has 2 aromatic rings. The molecule has 1 saturated heterocycles. The maximum atomic E-state index is 9.05. The second kappa shape index (κ2) is 12.8. The lowest BCUT2D eigenvalue weighted by Crippen LogP contribution is -2.66. The first-order valence-corrected chi connectivity index (χ1v) is 14.5. The van der Waals surface area contributed by atoms with E-state index in [0.717, 1.165) is 51.7 Å². The number of hydrogen-bond acceptors (Lipinski definition) is 4. The average Bonchev–Trinajstić information content (AvgIpc) is 2.83. The fourth-order valence-corrected chi connectivity index (χ4v) is 9.73. The topological polar surface area (TPSA) is 47.9 Å². The fourth-order valence-electron chi connectivity index (χ4n) is 5.12. The van der Waals surface area contributed by atoms with Gasteiger partial charge < -0.3 is 19.0 Å². The lowest BCUT2D eigenvalue weighted by atomic mass is 9.94. The van der Waals surface area contributed by atoms with E-state index in [1.54, 1.807) is 0 Å². The van der Waals surface area contributed by atoms with E-state index in [-0.39, 0.29) is 17.9 Å². The van der Waals surface area contributed by atoms with Gasteiger partial charge in [0.05, 0.1) is 13.2 Å². The van der Waals surface area contributed by atoms with Gasteiger partial charge in [0.2, 0.25) is 0 Å². The Labute approximate surface area is 201 Å². The Bertz CT molecular complexity index is 751. The number of rotatable bonds is 12. The lowest BCUT2D eigenvalue weighted by Gasteiger charge is -2.43. The summed E-state index contributed by atoms with van der Waals surface area (Å²) in [5, 5.41) is 11.8. The number of hydrogen-bond donors (Lipinski definition) is 1. The molecular formula is C28H42O4Si. The minimum atomic E-state index is -2.43. The van der Waals surface area contributed by atoms with Gasteiger partial charge in [-0.05, 0) is 41.1 Å². The maximum absolute atomic E-state index is 9.05. The second-order valence-corrected chi connectivity index (χ2v) is 14.4. The molecule has 1 aliphatic heterocycles. The standard InChI is InChI=1S/C28H42O4Si/c1-28(2,3)33(25-16-8-4-9-17-25,26-18-10-5-11-19-26)32-22-12-6-7-14-24-15-13-21-30-27(24)31-23-20-29/h4-5,8-11,16-19,24,27,29H,6-7,12-15,20-23H2,1-3H3/t24-,27-/m0/s1. The van der Waals surface area contributed by atoms with Crippen molar-refractivity contribution in [2.75, 3.05) is 26.4 Å². The minimum Gasteiger partial charge on any atom is -0.407 e. The van der Waals surface area contributed by atoms with Gasteiger partial charge >= 0.3 is 0 Å². The monoisotopic (exact) mass is 470 g/mol. The Balaban J connectivity index is 1.60. The molecule has 4 nitrogen and oxygen atoms in total. The third-order valence-corrected chi connectivity index (χ3v) is 11.8. The zero-order valence-corrected chi connectivity index (χ0v) is 21.7. The van der Waals surface area contributed by atoms with Crippen molar-refractivity contribution < 1.29 is 19.0 Å². The molecule has 0 aromatic heterocycles. The zero-order valence-electron chi connectivity index (χ0n) is 20.7. The van der Waals surface area contributed by atoms with Gasteiger partial charge in [-0.3, -0.25) is 0 Å². The predicted octanol–water partition coefficient (Wildman–Crippen LogP) is 4.89. The Kier molecular flexibility index (Phi) is 10.1. The molecule has 0 spiro atoms. The van der Waals surface area contributed by atoms with E-state index >= 15 is 0 Å². The van der Waals surface area contributed by atoms with Crippen LogP contribution in [0, 0.1) is 5.92 Å². The third-order valence-electron chi connectivity index (χ3n) is 6.71. The summed E-state index contributed by atoms with van der Waals surface area (Å²) in [6.45, 7) is 8.93. The molecular weight excluding hydrogens is 428 g/mol. The molecule has 1 N–H and O–H groups in total. The van der Waals surface area contributed by atoms with Crippen molar-refractivity contribution in [1.82, 2.24) is 0 Å². The summed E-state index contributed by atoms with van der Waals surface area (Å²) in [6.07, 6.45) is 6.54. The summed E-state index contributed by atoms with van der Waals surface area (Å²) in [4.78, 5) is 0. The molecule has 5 heteroatoms. The summed E-state index contributed by atoms with van der Waals surface area (Å²) in [7, 11) is -2.43. The van der Waals surface area contributed by atoms with Gasteiger partial charge in [0.1, 0.15) is 0 Å². The van der Waals surface area contributed by atoms with Gasteiger partial charge in [0.15, 0.2) is 6.29 Å². The summed E-state index contributed by atoms with van der Waals surface area (Å²) >= 11 is 0. The maximum Gasteiger partial charge on any atom is 0.261 e. The van der Waals surface area contributed by atoms with Crippen molar-refractivity contribution >= 4 is 18.7 Å². The van der Waals surface area contributed by atoms with Gasteiger partial charge in [-0.2, -0.15) is 0 Å². The van der Waals surface area contributed by atoms with Crippen LogP contribution in [0.1, 0.15) is 59.3 Å². The van der Waals surface area contributed by atoms with Crippen LogP contribution in [-0.2, 0) is 13.9 Å². The first-order valence-electron chi connectivity index (χ1n) is 12.6. The number of ether oxygens (including phenoxy) is 2. The summed E-state index contributed by atoms with van der Waals surface area (Å²) in [6, 6.07) is 21.7. The van der Waals surface area contributed by atoms with E-state index in [1.807, 2.05) is 0 Å². The molecule has 0 aliphatic carbocycles. The highest BCUT2D eigenvalue weighted by Gasteiger charge is 2.49. The molecule has 0 unspecified atom stereocenters. The Morgan fingerprint density at radius 1 is 0.909 bits per heavy atom. The van der Waals surface area contributed by atoms with Crippen LogP contribution in [0.4, 0.5) is 0 Å². The predicted molar refractivity (Wildman–Crippen MR) is 138 cm³/mol. The van der Waals surface area contributed by atoms with Gasteiger partial charge in [0.25, 0.3) is 8.32 Å². The molecule has 0 amide bonds. The van der Waals surface area contributed by atoms with E-state index in [1.165, 1.54) is 10.4 Å². The van der Waals surface area contributed by atoms with Crippen molar-refractivity contribution in [3.05, 3.63) is 60.7 Å². The SMILES string of the molecule is CC(C)(C)[Si](OCCCCC[C@H]1CCCO[C@H]1OCCO)(c1ccccc1)c1ccccc1. The Morgan fingerprint density at radius 2 is 1.55 bits per heavy atom. The average molecular weight is 471 g/mol. The minimum absolute atomic E-state index is 0.0202. The molecule has 1 aliphatic rings. The molecule has 2 atom stereocenters. The van der Waals surface area contributed by atoms with E-state index < -0.39 is 8.32 Å². The van der Waals surface area contributed by atoms with Crippen LogP contribution >= 0.6 is 0 Å². The molecule has 182 valence electrons. The smallest absolute Gasteiger partial charge is 0.261 e. The first-order chi connectivity index (χ1) is 16.0.